The number of amides is 2. The van der Waals surface area contributed by atoms with Crippen LogP contribution in [0.4, 0.5) is 5.69 Å². The average Bonchev–Trinajstić information content (AvgIpc) is 2.26. The largest absolute Gasteiger partial charge is 0.332 e. The van der Waals surface area contributed by atoms with Gasteiger partial charge in [0.15, 0.2) is 0 Å². The molecule has 0 fully saturated rings. The zero-order valence-corrected chi connectivity index (χ0v) is 9.97. The minimum Gasteiger partial charge on any atom is -0.332 e. The third-order valence-corrected chi connectivity index (χ3v) is 2.14. The van der Waals surface area contributed by atoms with Crippen LogP contribution in [-0.4, -0.2) is 16.7 Å². The molecule has 0 aromatic heterocycles. The monoisotopic (exact) mass is 251 g/mol. The summed E-state index contributed by atoms with van der Waals surface area (Å²) in [5, 5.41) is 15.8. The van der Waals surface area contributed by atoms with Crippen molar-refractivity contribution in [3.8, 4) is 0 Å². The highest BCUT2D eigenvalue weighted by Gasteiger charge is 2.22. The maximum Gasteiger partial charge on any atom is 0.276 e. The Balaban J connectivity index is 3.15. The van der Waals surface area contributed by atoms with Gasteiger partial charge >= 0.3 is 0 Å². The molecule has 1 aromatic carbocycles. The molecule has 18 heavy (non-hydrogen) atoms. The number of nitro groups is 1. The lowest BCUT2D eigenvalue weighted by molar-refractivity contribution is -0.385. The van der Waals surface area contributed by atoms with Crippen LogP contribution >= 0.6 is 0 Å². The van der Waals surface area contributed by atoms with Gasteiger partial charge in [-0.1, -0.05) is 12.1 Å². The normalized spacial score (nSPS) is 9.94. The van der Waals surface area contributed by atoms with Crippen molar-refractivity contribution < 1.29 is 14.5 Å². The molecular formula is C11H13N3O4. The Hall–Kier alpha value is -2.44. The van der Waals surface area contributed by atoms with Crippen LogP contribution in [-0.2, 0) is 9.59 Å². The lowest BCUT2D eigenvalue weighted by atomic mass is 10.1. The number of rotatable bonds is 4. The molecule has 0 aliphatic heterocycles. The number of nitrogens with one attached hydrogen (secondary N) is 2. The molecule has 0 unspecified atom stereocenters. The van der Waals surface area contributed by atoms with Crippen LogP contribution in [0.1, 0.15) is 25.6 Å². The molecule has 7 heteroatoms. The van der Waals surface area contributed by atoms with E-state index in [9.17, 15) is 19.7 Å². The summed E-state index contributed by atoms with van der Waals surface area (Å²) in [7, 11) is 0. The van der Waals surface area contributed by atoms with Crippen molar-refractivity contribution in [2.75, 3.05) is 0 Å². The zero-order valence-electron chi connectivity index (χ0n) is 9.97. The van der Waals surface area contributed by atoms with Gasteiger partial charge in [-0.15, -0.1) is 0 Å². The first kappa shape index (κ1) is 13.6. The summed E-state index contributed by atoms with van der Waals surface area (Å²) in [5.41, 5.74) is 0.0675. The van der Waals surface area contributed by atoms with E-state index in [1.165, 1.54) is 32.0 Å². The van der Waals surface area contributed by atoms with Gasteiger partial charge in [-0.3, -0.25) is 19.7 Å². The fourth-order valence-electron chi connectivity index (χ4n) is 1.50. The molecule has 0 heterocycles. The number of nitro benzene ring substituents is 1. The van der Waals surface area contributed by atoms with Gasteiger partial charge in [0.2, 0.25) is 11.8 Å². The lowest BCUT2D eigenvalue weighted by Gasteiger charge is -2.18. The first-order valence-corrected chi connectivity index (χ1v) is 5.19. The zero-order chi connectivity index (χ0) is 13.7. The number of hydrogen-bond donors (Lipinski definition) is 2. The smallest absolute Gasteiger partial charge is 0.276 e. The summed E-state index contributed by atoms with van der Waals surface area (Å²) < 4.78 is 0. The van der Waals surface area contributed by atoms with Gasteiger partial charge < -0.3 is 10.6 Å². The van der Waals surface area contributed by atoms with Crippen molar-refractivity contribution in [3.05, 3.63) is 39.9 Å². The Morgan fingerprint density at radius 3 is 2.11 bits per heavy atom. The van der Waals surface area contributed by atoms with E-state index in [0.29, 0.717) is 0 Å². The van der Waals surface area contributed by atoms with Gasteiger partial charge in [0.25, 0.3) is 5.69 Å². The summed E-state index contributed by atoms with van der Waals surface area (Å²) in [4.78, 5) is 32.4. The second-order valence-electron chi connectivity index (χ2n) is 3.65. The van der Waals surface area contributed by atoms with Gasteiger partial charge in [0, 0.05) is 19.9 Å². The maximum atomic E-state index is 11.1. The predicted molar refractivity (Wildman–Crippen MR) is 63.5 cm³/mol. The molecular weight excluding hydrogens is 238 g/mol. The number of benzene rings is 1. The molecule has 0 spiro atoms. The molecule has 0 saturated carbocycles. The highest BCUT2D eigenvalue weighted by atomic mass is 16.6. The van der Waals surface area contributed by atoms with Crippen LogP contribution in [0.3, 0.4) is 0 Å². The molecule has 0 radical (unpaired) electrons. The molecule has 1 aromatic rings. The fourth-order valence-corrected chi connectivity index (χ4v) is 1.50. The van der Waals surface area contributed by atoms with E-state index in [1.54, 1.807) is 6.07 Å². The van der Waals surface area contributed by atoms with Gasteiger partial charge in [0.1, 0.15) is 6.17 Å². The molecule has 0 bridgehead atoms. The summed E-state index contributed by atoms with van der Waals surface area (Å²) in [6.07, 6.45) is -0.915. The first-order chi connectivity index (χ1) is 8.41. The average molecular weight is 251 g/mol. The summed E-state index contributed by atoms with van der Waals surface area (Å²) in [6, 6.07) is 5.90. The van der Waals surface area contributed by atoms with Gasteiger partial charge in [-0.2, -0.15) is 0 Å². The number of carbonyl (C=O) groups is 2. The van der Waals surface area contributed by atoms with Crippen molar-refractivity contribution >= 4 is 17.5 Å². The van der Waals surface area contributed by atoms with E-state index in [2.05, 4.69) is 10.6 Å². The van der Waals surface area contributed by atoms with Crippen molar-refractivity contribution in [2.24, 2.45) is 0 Å². The van der Waals surface area contributed by atoms with E-state index >= 15 is 0 Å². The van der Waals surface area contributed by atoms with Crippen LogP contribution in [0, 0.1) is 10.1 Å². The predicted octanol–water partition coefficient (Wildman–Crippen LogP) is 0.866. The molecule has 0 atom stereocenters. The van der Waals surface area contributed by atoms with E-state index in [4.69, 9.17) is 0 Å². The third kappa shape index (κ3) is 3.55. The lowest BCUT2D eigenvalue weighted by Crippen LogP contribution is -2.39. The Kier molecular flexibility index (Phi) is 4.36. The Bertz CT molecular complexity index is 471. The van der Waals surface area contributed by atoms with Crippen molar-refractivity contribution in [2.45, 2.75) is 20.0 Å². The van der Waals surface area contributed by atoms with Crippen molar-refractivity contribution in [1.29, 1.82) is 0 Å². The molecule has 0 aliphatic carbocycles. The Morgan fingerprint density at radius 2 is 1.67 bits per heavy atom. The third-order valence-electron chi connectivity index (χ3n) is 2.14. The Labute approximate surface area is 103 Å². The number of para-hydroxylation sites is 1. The molecule has 1 rings (SSSR count). The standard InChI is InChI=1S/C11H13N3O4/c1-7(15)12-11(13-8(2)16)9-5-3-4-6-10(9)14(17)18/h3-6,11H,1-2H3,(H,12,15)(H,13,16). The summed E-state index contributed by atoms with van der Waals surface area (Å²) in [6.45, 7) is 2.53. The van der Waals surface area contributed by atoms with Gasteiger partial charge in [0.05, 0.1) is 10.5 Å². The fraction of sp³-hybridized carbons (Fsp3) is 0.273. The second-order valence-corrected chi connectivity index (χ2v) is 3.65. The SMILES string of the molecule is CC(=O)NC(NC(C)=O)c1ccccc1[N+](=O)[O-]. The highest BCUT2D eigenvalue weighted by Crippen LogP contribution is 2.23. The van der Waals surface area contributed by atoms with E-state index < -0.39 is 22.9 Å². The molecule has 0 aliphatic rings. The van der Waals surface area contributed by atoms with Crippen LogP contribution in [0.5, 0.6) is 0 Å². The van der Waals surface area contributed by atoms with E-state index in [0.717, 1.165) is 0 Å². The Morgan fingerprint density at radius 1 is 1.17 bits per heavy atom. The maximum absolute atomic E-state index is 11.1. The van der Waals surface area contributed by atoms with Crippen molar-refractivity contribution in [3.63, 3.8) is 0 Å². The quantitative estimate of drug-likeness (QED) is 0.471. The number of nitrogens with zero attached hydrogens (tertiary/aromatic N) is 1. The number of carbonyl (C=O) groups excluding carboxylic acids is 2. The summed E-state index contributed by atoms with van der Waals surface area (Å²) in [5.74, 6) is -0.793. The minimum absolute atomic E-state index is 0.162. The van der Waals surface area contributed by atoms with Crippen molar-refractivity contribution in [1.82, 2.24) is 10.6 Å². The molecule has 7 nitrogen and oxygen atoms in total. The molecule has 2 N–H and O–H groups in total. The van der Waals surface area contributed by atoms with Crippen LogP contribution in [0.25, 0.3) is 0 Å². The van der Waals surface area contributed by atoms with Gasteiger partial charge in [-0.25, -0.2) is 0 Å². The van der Waals surface area contributed by atoms with Crippen LogP contribution in [0.2, 0.25) is 0 Å². The van der Waals surface area contributed by atoms with E-state index in [1.807, 2.05) is 0 Å². The first-order valence-electron chi connectivity index (χ1n) is 5.19. The second kappa shape index (κ2) is 5.76. The minimum atomic E-state index is -0.915. The summed E-state index contributed by atoms with van der Waals surface area (Å²) >= 11 is 0. The molecule has 0 saturated heterocycles. The van der Waals surface area contributed by atoms with Crippen LogP contribution < -0.4 is 10.6 Å². The number of hydrogen-bond acceptors (Lipinski definition) is 4. The van der Waals surface area contributed by atoms with E-state index in [-0.39, 0.29) is 11.3 Å². The van der Waals surface area contributed by atoms with Gasteiger partial charge in [-0.05, 0) is 6.07 Å². The topological polar surface area (TPSA) is 101 Å². The molecule has 96 valence electrons. The van der Waals surface area contributed by atoms with Crippen LogP contribution in [0.15, 0.2) is 24.3 Å². The molecule has 2 amide bonds. The highest BCUT2D eigenvalue weighted by molar-refractivity contribution is 5.77.